The van der Waals surface area contributed by atoms with E-state index in [1.807, 2.05) is 6.07 Å². The summed E-state index contributed by atoms with van der Waals surface area (Å²) in [6.07, 6.45) is 5.42. The van der Waals surface area contributed by atoms with Crippen LogP contribution in [0.5, 0.6) is 0 Å². The van der Waals surface area contributed by atoms with Gasteiger partial charge >= 0.3 is 0 Å². The number of likely N-dealkylation sites (tertiary alicyclic amines) is 1. The van der Waals surface area contributed by atoms with Gasteiger partial charge in [-0.05, 0) is 50.6 Å². The van der Waals surface area contributed by atoms with Gasteiger partial charge in [-0.15, -0.1) is 0 Å². The fraction of sp³-hybridized carbons (Fsp3) is 0.625. The van der Waals surface area contributed by atoms with Crippen LogP contribution in [-0.4, -0.2) is 31.1 Å². The lowest BCUT2D eigenvalue weighted by atomic mass is 10.1. The molecule has 2 nitrogen and oxygen atoms in total. The fourth-order valence-electron chi connectivity index (χ4n) is 2.76. The molecular weight excluding hydrogens is 319 g/mol. The SMILES string of the molecule is CC(NCCN1CCCCCC1)c1ccc(F)cc1Br. The first-order valence-electron chi connectivity index (χ1n) is 7.57. The van der Waals surface area contributed by atoms with Crippen molar-refractivity contribution in [3.63, 3.8) is 0 Å². The molecule has 112 valence electrons. The Morgan fingerprint density at radius 3 is 2.60 bits per heavy atom. The van der Waals surface area contributed by atoms with E-state index < -0.39 is 0 Å². The fourth-order valence-corrected chi connectivity index (χ4v) is 3.46. The van der Waals surface area contributed by atoms with Crippen molar-refractivity contribution in [3.05, 3.63) is 34.1 Å². The monoisotopic (exact) mass is 342 g/mol. The minimum absolute atomic E-state index is 0.197. The van der Waals surface area contributed by atoms with Crippen LogP contribution in [0.4, 0.5) is 4.39 Å². The molecule has 1 aliphatic heterocycles. The standard InChI is InChI=1S/C16H24BrFN2/c1-13(15-7-6-14(18)12-16(15)17)19-8-11-20-9-4-2-3-5-10-20/h6-7,12-13,19H,2-5,8-11H2,1H3. The summed E-state index contributed by atoms with van der Waals surface area (Å²) in [5.74, 6) is -0.197. The predicted octanol–water partition coefficient (Wildman–Crippen LogP) is 4.11. The second kappa shape index (κ2) is 8.11. The van der Waals surface area contributed by atoms with Gasteiger partial charge in [-0.25, -0.2) is 4.39 Å². The molecular formula is C16H24BrFN2. The molecule has 0 radical (unpaired) electrons. The van der Waals surface area contributed by atoms with Gasteiger partial charge in [-0.3, -0.25) is 0 Å². The number of benzene rings is 1. The number of nitrogens with zero attached hydrogens (tertiary/aromatic N) is 1. The largest absolute Gasteiger partial charge is 0.309 e. The van der Waals surface area contributed by atoms with Crippen LogP contribution in [0.25, 0.3) is 0 Å². The van der Waals surface area contributed by atoms with Crippen molar-refractivity contribution in [3.8, 4) is 0 Å². The molecule has 0 saturated carbocycles. The normalized spacial score (nSPS) is 18.8. The summed E-state index contributed by atoms with van der Waals surface area (Å²) in [4.78, 5) is 2.55. The van der Waals surface area contributed by atoms with Gasteiger partial charge < -0.3 is 10.2 Å². The quantitative estimate of drug-likeness (QED) is 0.865. The number of rotatable bonds is 5. The molecule has 0 amide bonds. The Morgan fingerprint density at radius 2 is 1.95 bits per heavy atom. The van der Waals surface area contributed by atoms with Gasteiger partial charge in [0.25, 0.3) is 0 Å². The van der Waals surface area contributed by atoms with Gasteiger partial charge in [0.15, 0.2) is 0 Å². The topological polar surface area (TPSA) is 15.3 Å². The van der Waals surface area contributed by atoms with Crippen LogP contribution in [-0.2, 0) is 0 Å². The zero-order valence-electron chi connectivity index (χ0n) is 12.2. The highest BCUT2D eigenvalue weighted by Gasteiger charge is 2.11. The summed E-state index contributed by atoms with van der Waals surface area (Å²) in [7, 11) is 0. The molecule has 20 heavy (non-hydrogen) atoms. The molecule has 1 aliphatic rings. The van der Waals surface area contributed by atoms with Crippen LogP contribution in [0.1, 0.15) is 44.2 Å². The van der Waals surface area contributed by atoms with Gasteiger partial charge in [0, 0.05) is 23.6 Å². The predicted molar refractivity (Wildman–Crippen MR) is 85.4 cm³/mol. The highest BCUT2D eigenvalue weighted by Crippen LogP contribution is 2.24. The van der Waals surface area contributed by atoms with Crippen molar-refractivity contribution in [2.75, 3.05) is 26.2 Å². The van der Waals surface area contributed by atoms with E-state index in [-0.39, 0.29) is 11.9 Å². The number of halogens is 2. The molecule has 0 aromatic heterocycles. The summed E-state index contributed by atoms with van der Waals surface area (Å²) < 4.78 is 13.9. The van der Waals surface area contributed by atoms with Crippen LogP contribution in [0.2, 0.25) is 0 Å². The van der Waals surface area contributed by atoms with Gasteiger partial charge in [-0.2, -0.15) is 0 Å². The number of nitrogens with one attached hydrogen (secondary N) is 1. The first kappa shape index (κ1) is 15.9. The summed E-state index contributed by atoms with van der Waals surface area (Å²) in [6.45, 7) is 6.67. The Bertz CT molecular complexity index is 417. The molecule has 1 fully saturated rings. The van der Waals surface area contributed by atoms with Gasteiger partial charge in [0.05, 0.1) is 0 Å². The Balaban J connectivity index is 1.78. The third-order valence-corrected chi connectivity index (χ3v) is 4.69. The summed E-state index contributed by atoms with van der Waals surface area (Å²) in [6, 6.07) is 5.13. The van der Waals surface area contributed by atoms with Crippen LogP contribution in [0, 0.1) is 5.82 Å². The molecule has 0 spiro atoms. The Kier molecular flexibility index (Phi) is 6.46. The molecule has 1 aromatic rings. The van der Waals surface area contributed by atoms with E-state index in [2.05, 4.69) is 33.1 Å². The zero-order valence-corrected chi connectivity index (χ0v) is 13.8. The molecule has 1 N–H and O–H groups in total. The van der Waals surface area contributed by atoms with E-state index >= 15 is 0 Å². The van der Waals surface area contributed by atoms with Crippen molar-refractivity contribution in [1.82, 2.24) is 10.2 Å². The van der Waals surface area contributed by atoms with E-state index in [9.17, 15) is 4.39 Å². The molecule has 1 heterocycles. The van der Waals surface area contributed by atoms with Gasteiger partial charge in [-0.1, -0.05) is 34.8 Å². The maximum absolute atomic E-state index is 13.1. The highest BCUT2D eigenvalue weighted by atomic mass is 79.9. The molecule has 1 saturated heterocycles. The van der Waals surface area contributed by atoms with Gasteiger partial charge in [0.2, 0.25) is 0 Å². The number of hydrogen-bond acceptors (Lipinski definition) is 2. The molecule has 2 rings (SSSR count). The maximum atomic E-state index is 13.1. The van der Waals surface area contributed by atoms with Crippen molar-refractivity contribution < 1.29 is 4.39 Å². The number of hydrogen-bond donors (Lipinski definition) is 1. The Morgan fingerprint density at radius 1 is 1.25 bits per heavy atom. The third kappa shape index (κ3) is 4.83. The lowest BCUT2D eigenvalue weighted by Crippen LogP contribution is -2.33. The molecule has 0 bridgehead atoms. The van der Waals surface area contributed by atoms with E-state index in [4.69, 9.17) is 0 Å². The van der Waals surface area contributed by atoms with Gasteiger partial charge in [0.1, 0.15) is 5.82 Å². The summed E-state index contributed by atoms with van der Waals surface area (Å²) >= 11 is 3.44. The van der Waals surface area contributed by atoms with Crippen LogP contribution < -0.4 is 5.32 Å². The Labute approximate surface area is 129 Å². The maximum Gasteiger partial charge on any atom is 0.124 e. The molecule has 1 aromatic carbocycles. The third-order valence-electron chi connectivity index (χ3n) is 4.01. The van der Waals surface area contributed by atoms with E-state index in [0.29, 0.717) is 0 Å². The summed E-state index contributed by atoms with van der Waals surface area (Å²) in [5, 5.41) is 3.53. The van der Waals surface area contributed by atoms with Crippen molar-refractivity contribution in [2.45, 2.75) is 38.6 Å². The second-order valence-corrected chi connectivity index (χ2v) is 6.45. The van der Waals surface area contributed by atoms with Crippen molar-refractivity contribution in [1.29, 1.82) is 0 Å². The zero-order chi connectivity index (χ0) is 14.4. The highest BCUT2D eigenvalue weighted by molar-refractivity contribution is 9.10. The lowest BCUT2D eigenvalue weighted by molar-refractivity contribution is 0.280. The molecule has 1 atom stereocenters. The van der Waals surface area contributed by atoms with E-state index in [1.54, 1.807) is 0 Å². The molecule has 1 unspecified atom stereocenters. The average Bonchev–Trinajstić information content (AvgIpc) is 2.67. The van der Waals surface area contributed by atoms with Crippen LogP contribution in [0.3, 0.4) is 0 Å². The van der Waals surface area contributed by atoms with Crippen LogP contribution >= 0.6 is 15.9 Å². The second-order valence-electron chi connectivity index (χ2n) is 5.60. The van der Waals surface area contributed by atoms with Crippen molar-refractivity contribution >= 4 is 15.9 Å². The molecule has 0 aliphatic carbocycles. The van der Waals surface area contributed by atoms with Crippen molar-refractivity contribution in [2.24, 2.45) is 0 Å². The average molecular weight is 343 g/mol. The lowest BCUT2D eigenvalue weighted by Gasteiger charge is -2.22. The minimum atomic E-state index is -0.197. The smallest absolute Gasteiger partial charge is 0.124 e. The minimum Gasteiger partial charge on any atom is -0.309 e. The summed E-state index contributed by atoms with van der Waals surface area (Å²) in [5.41, 5.74) is 1.11. The first-order chi connectivity index (χ1) is 9.66. The molecule has 4 heteroatoms. The van der Waals surface area contributed by atoms with E-state index in [0.717, 1.165) is 23.1 Å². The Hall–Kier alpha value is -0.450. The first-order valence-corrected chi connectivity index (χ1v) is 8.37. The van der Waals surface area contributed by atoms with E-state index in [1.165, 1.54) is 50.9 Å². The van der Waals surface area contributed by atoms with Crippen LogP contribution in [0.15, 0.2) is 22.7 Å².